The van der Waals surface area contributed by atoms with Gasteiger partial charge in [0.2, 0.25) is 0 Å². The van der Waals surface area contributed by atoms with Gasteiger partial charge in [0.25, 0.3) is 0 Å². The highest BCUT2D eigenvalue weighted by Crippen LogP contribution is 2.17. The molecular weight excluding hydrogens is 326 g/mol. The Balaban J connectivity index is 2.02. The van der Waals surface area contributed by atoms with Crippen molar-refractivity contribution in [1.82, 2.24) is 4.98 Å². The van der Waals surface area contributed by atoms with Crippen molar-refractivity contribution in [3.8, 4) is 0 Å². The molecule has 0 fully saturated rings. The summed E-state index contributed by atoms with van der Waals surface area (Å²) in [5.41, 5.74) is 0.364. The van der Waals surface area contributed by atoms with E-state index in [1.165, 1.54) is 77.0 Å². The summed E-state index contributed by atoms with van der Waals surface area (Å²) in [6, 6.07) is 0. The van der Waals surface area contributed by atoms with Gasteiger partial charge in [0.05, 0.1) is 6.61 Å². The maximum absolute atomic E-state index is 11.9. The molecule has 1 aromatic heterocycles. The van der Waals surface area contributed by atoms with E-state index in [1.807, 2.05) is 0 Å². The molecule has 150 valence electrons. The van der Waals surface area contributed by atoms with Crippen LogP contribution in [0.15, 0.2) is 4.42 Å². The number of esters is 1. The van der Waals surface area contributed by atoms with Gasteiger partial charge in [-0.15, -0.1) is 0 Å². The fraction of sp³-hybridized carbons (Fsp3) is 0.818. The van der Waals surface area contributed by atoms with Crippen LogP contribution in [0.3, 0.4) is 0 Å². The molecule has 0 radical (unpaired) electrons. The molecular formula is C22H39NO3. The smallest absolute Gasteiger partial charge is 0.360 e. The minimum absolute atomic E-state index is 0.364. The standard InChI is InChI=1S/C22H39NO3/c1-4-6-7-8-9-10-11-12-13-14-15-16-17-18-20-21(22(24)25-5-2)23-19(3)26-20/h4-18H2,1-3H3. The molecule has 0 bridgehead atoms. The summed E-state index contributed by atoms with van der Waals surface area (Å²) in [5, 5.41) is 0. The Labute approximate surface area is 160 Å². The first-order valence-corrected chi connectivity index (χ1v) is 10.8. The first-order chi connectivity index (χ1) is 12.7. The van der Waals surface area contributed by atoms with Gasteiger partial charge < -0.3 is 9.15 Å². The molecule has 26 heavy (non-hydrogen) atoms. The van der Waals surface area contributed by atoms with Crippen LogP contribution in [0.4, 0.5) is 0 Å². The highest BCUT2D eigenvalue weighted by molar-refractivity contribution is 5.88. The number of rotatable bonds is 16. The molecule has 1 heterocycles. The summed E-state index contributed by atoms with van der Waals surface area (Å²) >= 11 is 0. The van der Waals surface area contributed by atoms with Crippen LogP contribution >= 0.6 is 0 Å². The predicted molar refractivity (Wildman–Crippen MR) is 107 cm³/mol. The Kier molecular flexibility index (Phi) is 12.9. The molecule has 0 atom stereocenters. The molecule has 0 unspecified atom stereocenters. The van der Waals surface area contributed by atoms with E-state index in [0.717, 1.165) is 12.8 Å². The third-order valence-corrected chi connectivity index (χ3v) is 4.78. The number of carbonyl (C=O) groups is 1. The van der Waals surface area contributed by atoms with Crippen molar-refractivity contribution in [3.05, 3.63) is 17.3 Å². The SMILES string of the molecule is CCCCCCCCCCCCCCCc1oc(C)nc1C(=O)OCC. The minimum Gasteiger partial charge on any atom is -0.461 e. The molecule has 0 aromatic carbocycles. The molecule has 0 saturated heterocycles. The highest BCUT2D eigenvalue weighted by atomic mass is 16.5. The van der Waals surface area contributed by atoms with Gasteiger partial charge in [0.15, 0.2) is 11.6 Å². The van der Waals surface area contributed by atoms with Crippen LogP contribution in [0.25, 0.3) is 0 Å². The number of aromatic nitrogens is 1. The van der Waals surface area contributed by atoms with E-state index >= 15 is 0 Å². The summed E-state index contributed by atoms with van der Waals surface area (Å²) in [4.78, 5) is 16.0. The molecule has 1 rings (SSSR count). The fourth-order valence-electron chi connectivity index (χ4n) is 3.30. The van der Waals surface area contributed by atoms with Crippen molar-refractivity contribution in [2.45, 2.75) is 111 Å². The van der Waals surface area contributed by atoms with E-state index in [2.05, 4.69) is 11.9 Å². The number of oxazole rings is 1. The van der Waals surface area contributed by atoms with Crippen LogP contribution in [0.1, 0.15) is 119 Å². The van der Waals surface area contributed by atoms with Gasteiger partial charge in [-0.3, -0.25) is 0 Å². The molecule has 0 N–H and O–H groups in total. The molecule has 0 aliphatic rings. The van der Waals surface area contributed by atoms with Crippen LogP contribution in [-0.2, 0) is 11.2 Å². The van der Waals surface area contributed by atoms with Crippen molar-refractivity contribution >= 4 is 5.97 Å². The lowest BCUT2D eigenvalue weighted by Gasteiger charge is -2.03. The topological polar surface area (TPSA) is 52.3 Å². The van der Waals surface area contributed by atoms with Crippen molar-refractivity contribution in [1.29, 1.82) is 0 Å². The summed E-state index contributed by atoms with van der Waals surface area (Å²) in [6.45, 7) is 6.21. The van der Waals surface area contributed by atoms with Gasteiger partial charge in [-0.25, -0.2) is 9.78 Å². The summed E-state index contributed by atoms with van der Waals surface area (Å²) in [7, 11) is 0. The van der Waals surface area contributed by atoms with E-state index in [9.17, 15) is 4.79 Å². The van der Waals surface area contributed by atoms with Gasteiger partial charge in [-0.05, 0) is 13.3 Å². The van der Waals surface area contributed by atoms with Crippen molar-refractivity contribution in [2.24, 2.45) is 0 Å². The lowest BCUT2D eigenvalue weighted by atomic mass is 10.0. The van der Waals surface area contributed by atoms with Gasteiger partial charge in [-0.2, -0.15) is 0 Å². The lowest BCUT2D eigenvalue weighted by molar-refractivity contribution is 0.0517. The second-order valence-electron chi connectivity index (χ2n) is 7.22. The zero-order valence-electron chi connectivity index (χ0n) is 17.3. The van der Waals surface area contributed by atoms with E-state index in [1.54, 1.807) is 13.8 Å². The largest absolute Gasteiger partial charge is 0.461 e. The normalized spacial score (nSPS) is 11.0. The van der Waals surface area contributed by atoms with Gasteiger partial charge in [0.1, 0.15) is 5.76 Å². The number of ether oxygens (including phenoxy) is 1. The maximum Gasteiger partial charge on any atom is 0.360 e. The quantitative estimate of drug-likeness (QED) is 0.239. The van der Waals surface area contributed by atoms with Crippen LogP contribution < -0.4 is 0 Å². The second kappa shape index (κ2) is 14.8. The number of unbranched alkanes of at least 4 members (excludes halogenated alkanes) is 12. The maximum atomic E-state index is 11.9. The third-order valence-electron chi connectivity index (χ3n) is 4.78. The van der Waals surface area contributed by atoms with E-state index in [0.29, 0.717) is 24.0 Å². The van der Waals surface area contributed by atoms with Gasteiger partial charge >= 0.3 is 5.97 Å². The van der Waals surface area contributed by atoms with Crippen LogP contribution in [-0.4, -0.2) is 17.6 Å². The summed E-state index contributed by atoms with van der Waals surface area (Å²) in [5.74, 6) is 0.857. The molecule has 4 nitrogen and oxygen atoms in total. The first kappa shape index (κ1) is 22.7. The summed E-state index contributed by atoms with van der Waals surface area (Å²) < 4.78 is 10.6. The zero-order valence-corrected chi connectivity index (χ0v) is 17.3. The molecule has 4 heteroatoms. The number of aryl methyl sites for hydroxylation is 2. The van der Waals surface area contributed by atoms with Crippen LogP contribution in [0, 0.1) is 6.92 Å². The van der Waals surface area contributed by atoms with Crippen molar-refractivity contribution in [2.75, 3.05) is 6.61 Å². The summed E-state index contributed by atoms with van der Waals surface area (Å²) in [6.07, 6.45) is 18.1. The van der Waals surface area contributed by atoms with Crippen LogP contribution in [0.2, 0.25) is 0 Å². The Morgan fingerprint density at radius 2 is 1.35 bits per heavy atom. The monoisotopic (exact) mass is 365 g/mol. The Hall–Kier alpha value is -1.32. The Morgan fingerprint density at radius 1 is 0.846 bits per heavy atom. The Morgan fingerprint density at radius 3 is 1.85 bits per heavy atom. The van der Waals surface area contributed by atoms with Crippen LogP contribution in [0.5, 0.6) is 0 Å². The van der Waals surface area contributed by atoms with E-state index in [4.69, 9.17) is 9.15 Å². The van der Waals surface area contributed by atoms with Gasteiger partial charge in [0, 0.05) is 13.3 Å². The number of nitrogens with zero attached hydrogens (tertiary/aromatic N) is 1. The molecule has 0 saturated carbocycles. The van der Waals surface area contributed by atoms with Gasteiger partial charge in [-0.1, -0.05) is 84.0 Å². The number of hydrogen-bond donors (Lipinski definition) is 0. The number of hydrogen-bond acceptors (Lipinski definition) is 4. The second-order valence-corrected chi connectivity index (χ2v) is 7.22. The van der Waals surface area contributed by atoms with E-state index < -0.39 is 0 Å². The first-order valence-electron chi connectivity index (χ1n) is 10.8. The predicted octanol–water partition coefficient (Wildman–Crippen LogP) is 6.79. The third kappa shape index (κ3) is 9.98. The average molecular weight is 366 g/mol. The number of carbonyl (C=O) groups excluding carboxylic acids is 1. The van der Waals surface area contributed by atoms with E-state index in [-0.39, 0.29) is 5.97 Å². The molecule has 0 spiro atoms. The minimum atomic E-state index is -0.367. The lowest BCUT2D eigenvalue weighted by Crippen LogP contribution is -2.08. The zero-order chi connectivity index (χ0) is 19.0. The Bertz CT molecular complexity index is 482. The molecule has 1 aromatic rings. The molecule has 0 aliphatic carbocycles. The fourth-order valence-corrected chi connectivity index (χ4v) is 3.30. The van der Waals surface area contributed by atoms with Crippen molar-refractivity contribution in [3.63, 3.8) is 0 Å². The molecule has 0 amide bonds. The van der Waals surface area contributed by atoms with Crippen molar-refractivity contribution < 1.29 is 13.9 Å². The molecule has 0 aliphatic heterocycles. The highest BCUT2D eigenvalue weighted by Gasteiger charge is 2.19. The average Bonchev–Trinajstić information content (AvgIpc) is 3.00.